The van der Waals surface area contributed by atoms with E-state index in [1.54, 1.807) is 18.3 Å². The molecule has 8 heteroatoms. The zero-order valence-electron chi connectivity index (χ0n) is 13.5. The molecule has 0 radical (unpaired) electrons. The Morgan fingerprint density at radius 3 is 2.67 bits per heavy atom. The van der Waals surface area contributed by atoms with Gasteiger partial charge in [0.2, 0.25) is 0 Å². The maximum atomic E-state index is 11.7. The minimum absolute atomic E-state index is 0.0833. The maximum Gasteiger partial charge on any atom is 0.152 e. The third-order valence-corrected chi connectivity index (χ3v) is 6.17. The van der Waals surface area contributed by atoms with Gasteiger partial charge in [-0.1, -0.05) is 11.6 Å². The highest BCUT2D eigenvalue weighted by atomic mass is 35.5. The van der Waals surface area contributed by atoms with E-state index in [-0.39, 0.29) is 17.5 Å². The minimum Gasteiger partial charge on any atom is -0.279 e. The number of hydrogen-bond acceptors (Lipinski definition) is 5. The molecule has 0 unspecified atom stereocenters. The molecular formula is C16H19ClN4O2S. The van der Waals surface area contributed by atoms with Crippen LogP contribution in [0, 0.1) is 13.8 Å². The second-order valence-electron chi connectivity index (χ2n) is 5.96. The van der Waals surface area contributed by atoms with Crippen molar-refractivity contribution in [3.8, 4) is 0 Å². The third-order valence-electron chi connectivity index (χ3n) is 4.17. The molecule has 0 saturated carbocycles. The van der Waals surface area contributed by atoms with Crippen LogP contribution in [0.1, 0.15) is 29.4 Å². The summed E-state index contributed by atoms with van der Waals surface area (Å²) in [5.74, 6) is 0.395. The molecule has 2 aromatic rings. The highest BCUT2D eigenvalue weighted by Gasteiger charge is 2.31. The summed E-state index contributed by atoms with van der Waals surface area (Å²) in [6.07, 6.45) is 2.33. The van der Waals surface area contributed by atoms with E-state index in [2.05, 4.69) is 15.6 Å². The number of aryl methyl sites for hydroxylation is 1. The Morgan fingerprint density at radius 1 is 1.33 bits per heavy atom. The van der Waals surface area contributed by atoms with Crippen LogP contribution in [0.3, 0.4) is 0 Å². The summed E-state index contributed by atoms with van der Waals surface area (Å²) in [6.45, 7) is 3.84. The van der Waals surface area contributed by atoms with Gasteiger partial charge in [-0.05, 0) is 44.5 Å². The second kappa shape index (κ2) is 6.57. The lowest BCUT2D eigenvalue weighted by Gasteiger charge is -2.10. The van der Waals surface area contributed by atoms with Crippen molar-refractivity contribution in [2.75, 3.05) is 16.9 Å². The van der Waals surface area contributed by atoms with Crippen molar-refractivity contribution >= 4 is 33.3 Å². The number of nitrogens with zero attached hydrogens (tertiary/aromatic N) is 3. The van der Waals surface area contributed by atoms with Gasteiger partial charge in [-0.2, -0.15) is 10.2 Å². The van der Waals surface area contributed by atoms with Crippen LogP contribution >= 0.6 is 11.6 Å². The van der Waals surface area contributed by atoms with E-state index in [9.17, 15) is 8.42 Å². The molecule has 1 fully saturated rings. The molecule has 1 N–H and O–H groups in total. The Labute approximate surface area is 146 Å². The smallest absolute Gasteiger partial charge is 0.152 e. The highest BCUT2D eigenvalue weighted by molar-refractivity contribution is 7.91. The first-order valence-electron chi connectivity index (χ1n) is 7.66. The molecule has 0 amide bonds. The third kappa shape index (κ3) is 3.62. The molecule has 0 bridgehead atoms. The normalized spacial score (nSPS) is 19.9. The predicted molar refractivity (Wildman–Crippen MR) is 96.7 cm³/mol. The summed E-state index contributed by atoms with van der Waals surface area (Å²) in [5.41, 5.74) is 6.44. The van der Waals surface area contributed by atoms with E-state index in [1.807, 2.05) is 30.7 Å². The molecule has 1 aromatic carbocycles. The highest BCUT2D eigenvalue weighted by Crippen LogP contribution is 2.26. The molecule has 128 valence electrons. The molecule has 1 atom stereocenters. The van der Waals surface area contributed by atoms with Gasteiger partial charge in [0.05, 0.1) is 35.1 Å². The predicted octanol–water partition coefficient (Wildman–Crippen LogP) is 2.96. The lowest BCUT2D eigenvalue weighted by Crippen LogP contribution is -2.14. The summed E-state index contributed by atoms with van der Waals surface area (Å²) in [4.78, 5) is 0. The molecule has 1 aromatic heterocycles. The van der Waals surface area contributed by atoms with Crippen molar-refractivity contribution in [3.63, 3.8) is 0 Å². The van der Waals surface area contributed by atoms with Crippen molar-refractivity contribution in [2.45, 2.75) is 26.3 Å². The van der Waals surface area contributed by atoms with Crippen LogP contribution in [0.15, 0.2) is 29.4 Å². The Morgan fingerprint density at radius 2 is 2.04 bits per heavy atom. The van der Waals surface area contributed by atoms with E-state index in [0.29, 0.717) is 11.4 Å². The molecule has 0 spiro atoms. The molecule has 1 aliphatic heterocycles. The number of hydrazone groups is 1. The average Bonchev–Trinajstić information content (AvgIpc) is 3.02. The Bertz CT molecular complexity index is 872. The fourth-order valence-electron chi connectivity index (χ4n) is 2.88. The van der Waals surface area contributed by atoms with E-state index < -0.39 is 9.84 Å². The maximum absolute atomic E-state index is 11.7. The Kier molecular flexibility index (Phi) is 4.64. The quantitative estimate of drug-likeness (QED) is 0.666. The van der Waals surface area contributed by atoms with E-state index in [1.165, 1.54) is 0 Å². The number of rotatable bonds is 4. The largest absolute Gasteiger partial charge is 0.279 e. The first-order chi connectivity index (χ1) is 11.4. The molecular weight excluding hydrogens is 348 g/mol. The molecule has 24 heavy (non-hydrogen) atoms. The number of nitrogens with one attached hydrogen (secondary N) is 1. The average molecular weight is 367 g/mol. The summed E-state index contributed by atoms with van der Waals surface area (Å²) in [6, 6.07) is 7.17. The van der Waals surface area contributed by atoms with Gasteiger partial charge in [0, 0.05) is 16.3 Å². The summed E-state index contributed by atoms with van der Waals surface area (Å²) in [5, 5.41) is 9.42. The molecule has 1 saturated heterocycles. The van der Waals surface area contributed by atoms with Crippen molar-refractivity contribution in [3.05, 3.63) is 46.2 Å². The summed E-state index contributed by atoms with van der Waals surface area (Å²) in [7, 11) is -2.94. The lowest BCUT2D eigenvalue weighted by atomic mass is 10.2. The van der Waals surface area contributed by atoms with Crippen LogP contribution in [0.25, 0.3) is 0 Å². The van der Waals surface area contributed by atoms with Gasteiger partial charge in [-0.3, -0.25) is 10.1 Å². The SMILES string of the molecule is Cc1nn([C@@H]2CCS(=O)(=O)C2)c(C)c1/C=N\Nc1ccc(Cl)cc1. The van der Waals surface area contributed by atoms with Crippen LogP contribution in [-0.4, -0.2) is 35.9 Å². The van der Waals surface area contributed by atoms with Crippen LogP contribution in [-0.2, 0) is 9.84 Å². The fraction of sp³-hybridized carbons (Fsp3) is 0.375. The number of anilines is 1. The number of halogens is 1. The van der Waals surface area contributed by atoms with Gasteiger partial charge < -0.3 is 0 Å². The topological polar surface area (TPSA) is 76.3 Å². The van der Waals surface area contributed by atoms with Crippen LogP contribution in [0.5, 0.6) is 0 Å². The number of aromatic nitrogens is 2. The second-order valence-corrected chi connectivity index (χ2v) is 8.63. The van der Waals surface area contributed by atoms with Crippen LogP contribution < -0.4 is 5.43 Å². The minimum atomic E-state index is -2.94. The summed E-state index contributed by atoms with van der Waals surface area (Å²) >= 11 is 5.85. The van der Waals surface area contributed by atoms with Crippen LogP contribution in [0.4, 0.5) is 5.69 Å². The van der Waals surface area contributed by atoms with E-state index in [4.69, 9.17) is 11.6 Å². The van der Waals surface area contributed by atoms with Gasteiger partial charge in [0.25, 0.3) is 0 Å². The fourth-order valence-corrected chi connectivity index (χ4v) is 4.70. The van der Waals surface area contributed by atoms with E-state index in [0.717, 1.165) is 22.6 Å². The van der Waals surface area contributed by atoms with Crippen molar-refractivity contribution in [2.24, 2.45) is 5.10 Å². The lowest BCUT2D eigenvalue weighted by molar-refractivity contribution is 0.486. The van der Waals surface area contributed by atoms with Gasteiger partial charge in [0.15, 0.2) is 9.84 Å². The van der Waals surface area contributed by atoms with Gasteiger partial charge in [-0.25, -0.2) is 8.42 Å². The number of hydrogen-bond donors (Lipinski definition) is 1. The first kappa shape index (κ1) is 17.0. The van der Waals surface area contributed by atoms with E-state index >= 15 is 0 Å². The summed E-state index contributed by atoms with van der Waals surface area (Å²) < 4.78 is 25.2. The van der Waals surface area contributed by atoms with Crippen LogP contribution in [0.2, 0.25) is 5.02 Å². The molecule has 3 rings (SSSR count). The van der Waals surface area contributed by atoms with Crippen molar-refractivity contribution < 1.29 is 8.42 Å². The van der Waals surface area contributed by atoms with Crippen molar-refractivity contribution in [1.29, 1.82) is 0 Å². The zero-order chi connectivity index (χ0) is 17.3. The molecule has 1 aliphatic rings. The standard InChI is InChI=1S/C16H19ClN4O2S/c1-11-16(9-18-19-14-5-3-13(17)4-6-14)12(2)21(20-11)15-7-8-24(22,23)10-15/h3-6,9,15,19H,7-8,10H2,1-2H3/b18-9-/t15-/m1/s1. The Balaban J connectivity index is 1.77. The Hall–Kier alpha value is -1.86. The number of sulfone groups is 1. The van der Waals surface area contributed by atoms with Gasteiger partial charge in [-0.15, -0.1) is 0 Å². The molecule has 6 nitrogen and oxygen atoms in total. The first-order valence-corrected chi connectivity index (χ1v) is 9.86. The van der Waals surface area contributed by atoms with Crippen molar-refractivity contribution in [1.82, 2.24) is 9.78 Å². The van der Waals surface area contributed by atoms with Gasteiger partial charge in [0.1, 0.15) is 0 Å². The van der Waals surface area contributed by atoms with Gasteiger partial charge >= 0.3 is 0 Å². The molecule has 0 aliphatic carbocycles. The molecule has 2 heterocycles. The zero-order valence-corrected chi connectivity index (χ0v) is 15.1. The number of benzene rings is 1. The monoisotopic (exact) mass is 366 g/mol.